The molecule has 2 unspecified atom stereocenters. The molecule has 1 heterocycles. The highest BCUT2D eigenvalue weighted by atomic mass is 16.4. The van der Waals surface area contributed by atoms with Crippen molar-refractivity contribution in [2.24, 2.45) is 5.92 Å². The highest BCUT2D eigenvalue weighted by Crippen LogP contribution is 2.31. The first kappa shape index (κ1) is 11.5. The third-order valence-electron chi connectivity index (χ3n) is 3.36. The fraction of sp³-hybridized carbons (Fsp3) is 0.900. The number of rotatable bonds is 3. The minimum absolute atomic E-state index is 0.0370. The van der Waals surface area contributed by atoms with Gasteiger partial charge in [-0.25, -0.2) is 0 Å². The molecule has 0 aliphatic carbocycles. The van der Waals surface area contributed by atoms with E-state index in [2.05, 4.69) is 24.1 Å². The van der Waals surface area contributed by atoms with Gasteiger partial charge in [0.05, 0.1) is 5.92 Å². The van der Waals surface area contributed by atoms with E-state index >= 15 is 0 Å². The van der Waals surface area contributed by atoms with Crippen LogP contribution in [0.2, 0.25) is 0 Å². The van der Waals surface area contributed by atoms with E-state index in [1.165, 1.54) is 0 Å². The Balaban J connectivity index is 2.85. The first-order valence-electron chi connectivity index (χ1n) is 5.08. The van der Waals surface area contributed by atoms with E-state index in [1.54, 1.807) is 0 Å². The Morgan fingerprint density at radius 1 is 1.64 bits per heavy atom. The van der Waals surface area contributed by atoms with E-state index in [1.807, 2.05) is 14.0 Å². The topological polar surface area (TPSA) is 52.6 Å². The molecule has 4 heteroatoms. The fourth-order valence-corrected chi connectivity index (χ4v) is 2.20. The minimum atomic E-state index is -0.701. The Labute approximate surface area is 85.3 Å². The largest absolute Gasteiger partial charge is 0.481 e. The Bertz CT molecular complexity index is 228. The van der Waals surface area contributed by atoms with Crippen LogP contribution in [0.3, 0.4) is 0 Å². The van der Waals surface area contributed by atoms with Crippen molar-refractivity contribution in [1.82, 2.24) is 10.2 Å². The highest BCUT2D eigenvalue weighted by molar-refractivity contribution is 5.72. The number of carboxylic acid groups (broad SMARTS) is 1. The monoisotopic (exact) mass is 200 g/mol. The Morgan fingerprint density at radius 3 is 2.64 bits per heavy atom. The summed E-state index contributed by atoms with van der Waals surface area (Å²) in [6, 6.07) is 0.0370. The minimum Gasteiger partial charge on any atom is -0.481 e. The van der Waals surface area contributed by atoms with E-state index in [0.29, 0.717) is 6.54 Å². The van der Waals surface area contributed by atoms with Gasteiger partial charge >= 0.3 is 5.97 Å². The van der Waals surface area contributed by atoms with Crippen LogP contribution in [0, 0.1) is 5.92 Å². The molecule has 14 heavy (non-hydrogen) atoms. The molecule has 0 radical (unpaired) electrons. The molecular weight excluding hydrogens is 180 g/mol. The number of nitrogens with one attached hydrogen (secondary N) is 1. The average molecular weight is 200 g/mol. The molecule has 1 saturated heterocycles. The lowest BCUT2D eigenvalue weighted by Gasteiger charge is -2.34. The number of carbonyl (C=O) groups is 1. The molecule has 1 rings (SSSR count). The van der Waals surface area contributed by atoms with Gasteiger partial charge in [0.25, 0.3) is 0 Å². The maximum Gasteiger partial charge on any atom is 0.309 e. The zero-order valence-electron chi connectivity index (χ0n) is 9.37. The summed E-state index contributed by atoms with van der Waals surface area (Å²) in [6.45, 7) is 7.62. The summed E-state index contributed by atoms with van der Waals surface area (Å²) in [5.74, 6) is -0.997. The van der Waals surface area contributed by atoms with Crippen molar-refractivity contribution in [3.8, 4) is 0 Å². The smallest absolute Gasteiger partial charge is 0.309 e. The molecule has 2 atom stereocenters. The van der Waals surface area contributed by atoms with Gasteiger partial charge in [-0.05, 0) is 27.4 Å². The SMILES string of the molecule is CCNC1C(C(=O)O)CN(C)C1(C)C. The molecule has 82 valence electrons. The second kappa shape index (κ2) is 3.87. The maximum atomic E-state index is 11.1. The van der Waals surface area contributed by atoms with E-state index in [4.69, 9.17) is 5.11 Å². The predicted octanol–water partition coefficient (Wildman–Crippen LogP) is 0.389. The zero-order valence-corrected chi connectivity index (χ0v) is 9.37. The van der Waals surface area contributed by atoms with Gasteiger partial charge in [-0.3, -0.25) is 9.69 Å². The van der Waals surface area contributed by atoms with Crippen LogP contribution >= 0.6 is 0 Å². The first-order valence-corrected chi connectivity index (χ1v) is 5.08. The number of aliphatic carboxylic acids is 1. The van der Waals surface area contributed by atoms with Gasteiger partial charge in [0.15, 0.2) is 0 Å². The van der Waals surface area contributed by atoms with Gasteiger partial charge in [-0.15, -0.1) is 0 Å². The third kappa shape index (κ3) is 1.77. The highest BCUT2D eigenvalue weighted by Gasteiger charge is 2.48. The molecule has 0 spiro atoms. The number of carboxylic acids is 1. The van der Waals surface area contributed by atoms with Gasteiger partial charge in [-0.1, -0.05) is 6.92 Å². The molecular formula is C10H20N2O2. The summed E-state index contributed by atoms with van der Waals surface area (Å²) in [5.41, 5.74) is -0.0843. The lowest BCUT2D eigenvalue weighted by atomic mass is 9.89. The van der Waals surface area contributed by atoms with Crippen molar-refractivity contribution in [3.05, 3.63) is 0 Å². The van der Waals surface area contributed by atoms with Crippen LogP contribution in [0.5, 0.6) is 0 Å². The predicted molar refractivity (Wildman–Crippen MR) is 55.3 cm³/mol. The van der Waals surface area contributed by atoms with Crippen LogP contribution in [0.4, 0.5) is 0 Å². The number of likely N-dealkylation sites (tertiary alicyclic amines) is 1. The molecule has 0 aromatic rings. The molecule has 1 fully saturated rings. The van der Waals surface area contributed by atoms with Gasteiger partial charge in [0.2, 0.25) is 0 Å². The van der Waals surface area contributed by atoms with Crippen molar-refractivity contribution in [2.45, 2.75) is 32.4 Å². The maximum absolute atomic E-state index is 11.1. The molecule has 0 aromatic carbocycles. The molecule has 4 nitrogen and oxygen atoms in total. The summed E-state index contributed by atoms with van der Waals surface area (Å²) in [6.07, 6.45) is 0. The van der Waals surface area contributed by atoms with E-state index in [-0.39, 0.29) is 17.5 Å². The van der Waals surface area contributed by atoms with Crippen molar-refractivity contribution in [3.63, 3.8) is 0 Å². The van der Waals surface area contributed by atoms with Crippen LogP contribution in [0.1, 0.15) is 20.8 Å². The molecule has 0 saturated carbocycles. The fourth-order valence-electron chi connectivity index (χ4n) is 2.20. The van der Waals surface area contributed by atoms with E-state index < -0.39 is 5.97 Å². The van der Waals surface area contributed by atoms with Crippen LogP contribution in [-0.4, -0.2) is 47.7 Å². The van der Waals surface area contributed by atoms with Gasteiger partial charge < -0.3 is 10.4 Å². The van der Waals surface area contributed by atoms with Crippen LogP contribution < -0.4 is 5.32 Å². The molecule has 1 aliphatic rings. The van der Waals surface area contributed by atoms with E-state index in [9.17, 15) is 4.79 Å². The summed E-state index contributed by atoms with van der Waals surface area (Å²) in [4.78, 5) is 13.2. The Morgan fingerprint density at radius 2 is 2.21 bits per heavy atom. The van der Waals surface area contributed by atoms with Crippen LogP contribution in [0.25, 0.3) is 0 Å². The third-order valence-corrected chi connectivity index (χ3v) is 3.36. The van der Waals surface area contributed by atoms with Crippen molar-refractivity contribution in [2.75, 3.05) is 20.1 Å². The van der Waals surface area contributed by atoms with E-state index in [0.717, 1.165) is 6.54 Å². The van der Waals surface area contributed by atoms with Gasteiger partial charge in [0.1, 0.15) is 0 Å². The summed E-state index contributed by atoms with van der Waals surface area (Å²) in [7, 11) is 1.98. The Hall–Kier alpha value is -0.610. The molecule has 0 amide bonds. The van der Waals surface area contributed by atoms with Crippen LogP contribution in [0.15, 0.2) is 0 Å². The summed E-state index contributed by atoms with van der Waals surface area (Å²) < 4.78 is 0. The molecule has 1 aliphatic heterocycles. The van der Waals surface area contributed by atoms with Crippen molar-refractivity contribution in [1.29, 1.82) is 0 Å². The summed E-state index contributed by atoms with van der Waals surface area (Å²) in [5, 5.41) is 12.4. The molecule has 2 N–H and O–H groups in total. The lowest BCUT2D eigenvalue weighted by Crippen LogP contribution is -2.52. The number of hydrogen-bond donors (Lipinski definition) is 2. The molecule has 0 aromatic heterocycles. The molecule has 0 bridgehead atoms. The zero-order chi connectivity index (χ0) is 10.9. The number of likely N-dealkylation sites (N-methyl/N-ethyl adjacent to an activating group) is 2. The lowest BCUT2D eigenvalue weighted by molar-refractivity contribution is -0.142. The second-order valence-corrected chi connectivity index (χ2v) is 4.51. The second-order valence-electron chi connectivity index (χ2n) is 4.51. The summed E-state index contributed by atoms with van der Waals surface area (Å²) >= 11 is 0. The normalized spacial score (nSPS) is 32.0. The van der Waals surface area contributed by atoms with Crippen molar-refractivity contribution >= 4 is 5.97 Å². The van der Waals surface area contributed by atoms with Crippen molar-refractivity contribution < 1.29 is 9.90 Å². The standard InChI is InChI=1S/C10H20N2O2/c1-5-11-8-7(9(13)14)6-12(4)10(8,2)3/h7-8,11H,5-6H2,1-4H3,(H,13,14). The van der Waals surface area contributed by atoms with Crippen LogP contribution in [-0.2, 0) is 4.79 Å². The first-order chi connectivity index (χ1) is 6.41. The quantitative estimate of drug-likeness (QED) is 0.692. The van der Waals surface area contributed by atoms with Gasteiger partial charge in [-0.2, -0.15) is 0 Å². The van der Waals surface area contributed by atoms with Gasteiger partial charge in [0, 0.05) is 18.1 Å². The average Bonchev–Trinajstić information content (AvgIpc) is 2.29. The number of nitrogens with zero attached hydrogens (tertiary/aromatic N) is 1. The Kier molecular flexibility index (Phi) is 3.17. The number of hydrogen-bond acceptors (Lipinski definition) is 3.